The average molecular weight is 394 g/mol. The molecule has 1 fully saturated rings. The maximum absolute atomic E-state index is 11.7. The van der Waals surface area contributed by atoms with Gasteiger partial charge in [0.25, 0.3) is 0 Å². The maximum atomic E-state index is 11.7. The van der Waals surface area contributed by atoms with E-state index in [9.17, 15) is 8.42 Å². The smallest absolute Gasteiger partial charge is 0.223 e. The van der Waals surface area contributed by atoms with Gasteiger partial charge >= 0.3 is 0 Å². The van der Waals surface area contributed by atoms with E-state index in [-0.39, 0.29) is 12.1 Å². The highest BCUT2D eigenvalue weighted by Gasteiger charge is 2.28. The molecule has 0 unspecified atom stereocenters. The summed E-state index contributed by atoms with van der Waals surface area (Å²) in [5, 5.41) is 10.8. The molecule has 9 nitrogen and oxygen atoms in total. The fraction of sp³-hybridized carbons (Fsp3) is 0.588. The van der Waals surface area contributed by atoms with Gasteiger partial charge in [-0.3, -0.25) is 4.68 Å². The molecule has 1 aliphatic carbocycles. The van der Waals surface area contributed by atoms with Crippen LogP contribution in [0.1, 0.15) is 25.7 Å². The number of aromatic nitrogens is 4. The summed E-state index contributed by atoms with van der Waals surface area (Å²) in [5.41, 5.74) is 1.72. The second-order valence-corrected chi connectivity index (χ2v) is 9.02. The molecule has 27 heavy (non-hydrogen) atoms. The van der Waals surface area contributed by atoms with E-state index in [1.807, 2.05) is 20.2 Å². The molecule has 0 bridgehead atoms. The van der Waals surface area contributed by atoms with Gasteiger partial charge in [-0.1, -0.05) is 0 Å². The number of hydrogen-bond donors (Lipinski definition) is 2. The van der Waals surface area contributed by atoms with Gasteiger partial charge in [-0.05, 0) is 31.7 Å². The number of anilines is 2. The van der Waals surface area contributed by atoms with Crippen molar-refractivity contribution >= 4 is 21.8 Å². The molecule has 2 aromatic heterocycles. The second kappa shape index (κ2) is 7.81. The zero-order valence-corrected chi connectivity index (χ0v) is 17.0. The van der Waals surface area contributed by atoms with Crippen molar-refractivity contribution in [3.63, 3.8) is 0 Å². The van der Waals surface area contributed by atoms with E-state index >= 15 is 0 Å². The van der Waals surface area contributed by atoms with E-state index in [0.29, 0.717) is 5.95 Å². The number of hydrogen-bond acceptors (Lipinski definition) is 7. The average Bonchev–Trinajstić information content (AvgIpc) is 3.02. The minimum atomic E-state index is -3.15. The van der Waals surface area contributed by atoms with Crippen molar-refractivity contribution in [1.82, 2.24) is 24.1 Å². The minimum Gasteiger partial charge on any atom is -0.373 e. The molecule has 0 saturated heterocycles. The van der Waals surface area contributed by atoms with Crippen molar-refractivity contribution in [1.29, 1.82) is 0 Å². The first-order chi connectivity index (χ1) is 12.8. The molecule has 0 spiro atoms. The van der Waals surface area contributed by atoms with Crippen molar-refractivity contribution in [2.75, 3.05) is 31.0 Å². The van der Waals surface area contributed by atoms with Gasteiger partial charge in [0.2, 0.25) is 16.0 Å². The maximum Gasteiger partial charge on any atom is 0.223 e. The summed E-state index contributed by atoms with van der Waals surface area (Å²) in [6.45, 7) is 0. The topological polar surface area (TPSA) is 105 Å². The molecule has 10 heteroatoms. The van der Waals surface area contributed by atoms with Gasteiger partial charge in [-0.15, -0.1) is 0 Å². The van der Waals surface area contributed by atoms with Crippen LogP contribution in [0.5, 0.6) is 0 Å². The van der Waals surface area contributed by atoms with E-state index in [1.54, 1.807) is 24.1 Å². The lowest BCUT2D eigenvalue weighted by atomic mass is 9.91. The fourth-order valence-corrected chi connectivity index (χ4v) is 4.29. The summed E-state index contributed by atoms with van der Waals surface area (Å²) in [6.07, 6.45) is 8.19. The normalized spacial score (nSPS) is 20.6. The summed E-state index contributed by atoms with van der Waals surface area (Å²) in [5.74, 6) is 1.47. The largest absolute Gasteiger partial charge is 0.373 e. The first-order valence-electron chi connectivity index (χ1n) is 9.02. The molecule has 0 atom stereocenters. The Balaban J connectivity index is 1.66. The van der Waals surface area contributed by atoms with Crippen molar-refractivity contribution in [3.05, 3.63) is 18.5 Å². The lowest BCUT2D eigenvalue weighted by Crippen LogP contribution is -2.41. The lowest BCUT2D eigenvalue weighted by molar-refractivity contribution is 0.276. The van der Waals surface area contributed by atoms with E-state index in [1.165, 1.54) is 10.6 Å². The zero-order chi connectivity index (χ0) is 19.6. The monoisotopic (exact) mass is 393 g/mol. The van der Waals surface area contributed by atoms with Gasteiger partial charge in [0, 0.05) is 39.4 Å². The Morgan fingerprint density at radius 3 is 2.59 bits per heavy atom. The highest BCUT2D eigenvalue weighted by molar-refractivity contribution is 7.88. The Morgan fingerprint density at radius 1 is 1.26 bits per heavy atom. The van der Waals surface area contributed by atoms with Crippen LogP contribution >= 0.6 is 0 Å². The molecule has 3 rings (SSSR count). The summed E-state index contributed by atoms with van der Waals surface area (Å²) >= 11 is 0. The highest BCUT2D eigenvalue weighted by atomic mass is 32.2. The van der Waals surface area contributed by atoms with Gasteiger partial charge in [0.1, 0.15) is 5.82 Å². The standard InChI is InChI=1S/C17H27N7O2S/c1-18-16-14(11-20-23(16)2)15-9-10-19-17(22-15)21-12-5-7-13(8-6-12)24(3)27(4,25)26/h9-13,18H,5-8H2,1-4H3,(H,19,21,22)/t12-,13-. The van der Waals surface area contributed by atoms with Crippen LogP contribution in [-0.2, 0) is 17.1 Å². The summed E-state index contributed by atoms with van der Waals surface area (Å²) < 4.78 is 26.7. The lowest BCUT2D eigenvalue weighted by Gasteiger charge is -2.33. The van der Waals surface area contributed by atoms with Crippen molar-refractivity contribution in [2.24, 2.45) is 7.05 Å². The van der Waals surface area contributed by atoms with Gasteiger partial charge in [0.05, 0.1) is 23.7 Å². The molecule has 2 N–H and O–H groups in total. The van der Waals surface area contributed by atoms with Crippen LogP contribution in [0.3, 0.4) is 0 Å². The second-order valence-electron chi connectivity index (χ2n) is 6.97. The molecule has 0 amide bonds. The van der Waals surface area contributed by atoms with Crippen LogP contribution in [0.2, 0.25) is 0 Å². The molecule has 2 aromatic rings. The molecule has 1 saturated carbocycles. The summed E-state index contributed by atoms with van der Waals surface area (Å²) in [7, 11) is 2.25. The number of sulfonamides is 1. The predicted octanol–water partition coefficient (Wildman–Crippen LogP) is 1.53. The first-order valence-corrected chi connectivity index (χ1v) is 10.9. The van der Waals surface area contributed by atoms with E-state index < -0.39 is 10.0 Å². The third-order valence-electron chi connectivity index (χ3n) is 5.17. The van der Waals surface area contributed by atoms with Gasteiger partial charge < -0.3 is 10.6 Å². The van der Waals surface area contributed by atoms with E-state index in [2.05, 4.69) is 25.7 Å². The minimum absolute atomic E-state index is 0.0684. The van der Waals surface area contributed by atoms with Gasteiger partial charge in [0.15, 0.2) is 0 Å². The molecule has 0 aliphatic heterocycles. The van der Waals surface area contributed by atoms with Crippen LogP contribution in [0.4, 0.5) is 11.8 Å². The van der Waals surface area contributed by atoms with Crippen LogP contribution in [-0.4, -0.2) is 64.9 Å². The SMILES string of the molecule is CNc1c(-c2ccnc(N[C@H]3CC[C@H](N(C)S(C)(=O)=O)CC3)n2)cnn1C. The Labute approximate surface area is 160 Å². The van der Waals surface area contributed by atoms with Crippen LogP contribution < -0.4 is 10.6 Å². The predicted molar refractivity (Wildman–Crippen MR) is 106 cm³/mol. The zero-order valence-electron chi connectivity index (χ0n) is 16.2. The summed E-state index contributed by atoms with van der Waals surface area (Å²) in [4.78, 5) is 8.97. The Bertz CT molecular complexity index is 888. The first kappa shape index (κ1) is 19.6. The number of nitrogens with zero attached hydrogens (tertiary/aromatic N) is 5. The van der Waals surface area contributed by atoms with Crippen molar-refractivity contribution in [3.8, 4) is 11.3 Å². The Kier molecular flexibility index (Phi) is 5.66. The molecular weight excluding hydrogens is 366 g/mol. The van der Waals surface area contributed by atoms with Gasteiger partial charge in [-0.25, -0.2) is 22.7 Å². The molecule has 1 aliphatic rings. The third-order valence-corrected chi connectivity index (χ3v) is 6.52. The number of rotatable bonds is 6. The third kappa shape index (κ3) is 4.38. The van der Waals surface area contributed by atoms with E-state index in [0.717, 1.165) is 42.8 Å². The number of nitrogens with one attached hydrogen (secondary N) is 2. The highest BCUT2D eigenvalue weighted by Crippen LogP contribution is 2.28. The van der Waals surface area contributed by atoms with Crippen LogP contribution in [0.15, 0.2) is 18.5 Å². The number of aryl methyl sites for hydroxylation is 1. The van der Waals surface area contributed by atoms with E-state index in [4.69, 9.17) is 0 Å². The summed E-state index contributed by atoms with van der Waals surface area (Å²) in [6, 6.07) is 2.17. The van der Waals surface area contributed by atoms with Crippen LogP contribution in [0.25, 0.3) is 11.3 Å². The Hall–Kier alpha value is -2.20. The molecule has 0 radical (unpaired) electrons. The van der Waals surface area contributed by atoms with Crippen molar-refractivity contribution in [2.45, 2.75) is 37.8 Å². The molecule has 148 valence electrons. The molecule has 0 aromatic carbocycles. The Morgan fingerprint density at radius 2 is 1.96 bits per heavy atom. The fourth-order valence-electron chi connectivity index (χ4n) is 3.54. The quantitative estimate of drug-likeness (QED) is 0.767. The van der Waals surface area contributed by atoms with Gasteiger partial charge in [-0.2, -0.15) is 5.10 Å². The molecule has 2 heterocycles. The molecular formula is C17H27N7O2S. The van der Waals surface area contributed by atoms with Crippen LogP contribution in [0, 0.1) is 0 Å². The van der Waals surface area contributed by atoms with Crippen molar-refractivity contribution < 1.29 is 8.42 Å².